The number of nitrogens with one attached hydrogen (secondary N) is 1. The third-order valence-corrected chi connectivity index (χ3v) is 5.78. The highest BCUT2D eigenvalue weighted by Crippen LogP contribution is 2.28. The fourth-order valence-corrected chi connectivity index (χ4v) is 4.11. The zero-order valence-corrected chi connectivity index (χ0v) is 16.0. The van der Waals surface area contributed by atoms with E-state index in [1.54, 1.807) is 0 Å². The van der Waals surface area contributed by atoms with Crippen LogP contribution in [0.25, 0.3) is 11.4 Å². The predicted octanol–water partition coefficient (Wildman–Crippen LogP) is 3.28. The van der Waals surface area contributed by atoms with Gasteiger partial charge in [0.25, 0.3) is 0 Å². The number of piperidine rings is 1. The topological polar surface area (TPSA) is 71.3 Å². The van der Waals surface area contributed by atoms with Gasteiger partial charge < -0.3 is 9.84 Å². The minimum Gasteiger partial charge on any atom is -0.352 e. The second-order valence-corrected chi connectivity index (χ2v) is 7.92. The number of aryl methyl sites for hydroxylation is 1. The highest BCUT2D eigenvalue weighted by atomic mass is 16.5. The smallest absolute Gasteiger partial charge is 0.234 e. The third kappa shape index (κ3) is 4.56. The molecule has 1 aromatic carbocycles. The first-order valence-corrected chi connectivity index (χ1v) is 10.1. The van der Waals surface area contributed by atoms with Crippen LogP contribution in [-0.2, 0) is 4.79 Å². The van der Waals surface area contributed by atoms with E-state index >= 15 is 0 Å². The second kappa shape index (κ2) is 8.21. The summed E-state index contributed by atoms with van der Waals surface area (Å²) in [6.07, 6.45) is 6.65. The number of carbonyl (C=O) groups is 1. The van der Waals surface area contributed by atoms with Crippen molar-refractivity contribution in [3.63, 3.8) is 0 Å². The van der Waals surface area contributed by atoms with Crippen molar-refractivity contribution in [2.75, 3.05) is 19.6 Å². The van der Waals surface area contributed by atoms with E-state index in [4.69, 9.17) is 4.52 Å². The fraction of sp³-hybridized carbons (Fsp3) is 0.571. The molecule has 2 fully saturated rings. The minimum atomic E-state index is 0.166. The molecule has 1 aliphatic carbocycles. The Bertz CT molecular complexity index is 757. The lowest BCUT2D eigenvalue weighted by atomic mass is 9.97. The van der Waals surface area contributed by atoms with Gasteiger partial charge in [-0.05, 0) is 45.7 Å². The lowest BCUT2D eigenvalue weighted by Gasteiger charge is -2.30. The van der Waals surface area contributed by atoms with Gasteiger partial charge in [-0.15, -0.1) is 0 Å². The average Bonchev–Trinajstić information content (AvgIpc) is 3.35. The van der Waals surface area contributed by atoms with Crippen LogP contribution in [0.5, 0.6) is 0 Å². The normalized spacial score (nSPS) is 19.4. The van der Waals surface area contributed by atoms with Gasteiger partial charge in [-0.25, -0.2) is 0 Å². The Labute approximate surface area is 160 Å². The van der Waals surface area contributed by atoms with Crippen LogP contribution in [0.3, 0.4) is 0 Å². The van der Waals surface area contributed by atoms with Gasteiger partial charge in [0.15, 0.2) is 0 Å². The monoisotopic (exact) mass is 368 g/mol. The van der Waals surface area contributed by atoms with Gasteiger partial charge in [-0.1, -0.05) is 47.8 Å². The second-order valence-electron chi connectivity index (χ2n) is 7.92. The van der Waals surface area contributed by atoms with E-state index in [0.29, 0.717) is 18.4 Å². The Balaban J connectivity index is 1.28. The summed E-state index contributed by atoms with van der Waals surface area (Å²) in [7, 11) is 0. The van der Waals surface area contributed by atoms with E-state index < -0.39 is 0 Å². The maximum absolute atomic E-state index is 12.2. The quantitative estimate of drug-likeness (QED) is 0.877. The molecule has 2 aromatic rings. The van der Waals surface area contributed by atoms with Crippen molar-refractivity contribution in [2.45, 2.75) is 57.4 Å². The third-order valence-electron chi connectivity index (χ3n) is 5.78. The zero-order valence-electron chi connectivity index (χ0n) is 16.0. The van der Waals surface area contributed by atoms with Crippen LogP contribution in [0.15, 0.2) is 28.8 Å². The van der Waals surface area contributed by atoms with Gasteiger partial charge in [0.2, 0.25) is 17.6 Å². The summed E-state index contributed by atoms with van der Waals surface area (Å²) in [6.45, 7) is 4.35. The average molecular weight is 368 g/mol. The van der Waals surface area contributed by atoms with Gasteiger partial charge in [0.05, 0.1) is 6.54 Å². The number of amides is 1. The summed E-state index contributed by atoms with van der Waals surface area (Å²) in [6, 6.07) is 8.56. The molecule has 1 amide bonds. The SMILES string of the molecule is Cc1ccc(-c2noc(C3CCN(CC(=O)NC4CCCC4)CC3)n2)cc1. The van der Waals surface area contributed by atoms with Crippen molar-refractivity contribution in [2.24, 2.45) is 0 Å². The fourth-order valence-electron chi connectivity index (χ4n) is 4.11. The van der Waals surface area contributed by atoms with Gasteiger partial charge in [0.1, 0.15) is 0 Å². The molecule has 0 bridgehead atoms. The van der Waals surface area contributed by atoms with Crippen molar-refractivity contribution < 1.29 is 9.32 Å². The van der Waals surface area contributed by atoms with Gasteiger partial charge in [-0.3, -0.25) is 9.69 Å². The Morgan fingerprint density at radius 3 is 2.56 bits per heavy atom. The van der Waals surface area contributed by atoms with Gasteiger partial charge >= 0.3 is 0 Å². The van der Waals surface area contributed by atoms with Crippen molar-refractivity contribution in [3.05, 3.63) is 35.7 Å². The Kier molecular flexibility index (Phi) is 5.53. The number of rotatable bonds is 5. The molecule has 2 heterocycles. The molecule has 1 aliphatic heterocycles. The Hall–Kier alpha value is -2.21. The highest BCUT2D eigenvalue weighted by molar-refractivity contribution is 5.78. The number of hydrogen-bond donors (Lipinski definition) is 1. The molecule has 144 valence electrons. The molecule has 0 spiro atoms. The van der Waals surface area contributed by atoms with E-state index in [1.165, 1.54) is 18.4 Å². The summed E-state index contributed by atoms with van der Waals surface area (Å²) in [5, 5.41) is 7.33. The molecule has 0 atom stereocenters. The van der Waals surface area contributed by atoms with Crippen molar-refractivity contribution in [3.8, 4) is 11.4 Å². The first-order chi connectivity index (χ1) is 13.2. The molecule has 4 rings (SSSR count). The molecular formula is C21H28N4O2. The van der Waals surface area contributed by atoms with E-state index in [2.05, 4.69) is 39.4 Å². The molecule has 6 heteroatoms. The predicted molar refractivity (Wildman–Crippen MR) is 103 cm³/mol. The molecule has 2 aliphatic rings. The largest absolute Gasteiger partial charge is 0.352 e. The van der Waals surface area contributed by atoms with Crippen LogP contribution < -0.4 is 5.32 Å². The number of nitrogens with zero attached hydrogens (tertiary/aromatic N) is 3. The molecule has 0 radical (unpaired) electrons. The summed E-state index contributed by atoms with van der Waals surface area (Å²) < 4.78 is 5.53. The molecular weight excluding hydrogens is 340 g/mol. The van der Waals surface area contributed by atoms with Crippen molar-refractivity contribution >= 4 is 5.91 Å². The zero-order chi connectivity index (χ0) is 18.6. The van der Waals surface area contributed by atoms with Crippen LogP contribution >= 0.6 is 0 Å². The standard InChI is InChI=1S/C21H28N4O2/c1-15-6-8-16(9-7-15)20-23-21(27-24-20)17-10-12-25(13-11-17)14-19(26)22-18-4-2-3-5-18/h6-9,17-18H,2-5,10-14H2,1H3,(H,22,26). The Morgan fingerprint density at radius 1 is 1.15 bits per heavy atom. The van der Waals surface area contributed by atoms with E-state index in [0.717, 1.165) is 50.2 Å². The van der Waals surface area contributed by atoms with Crippen LogP contribution in [0.4, 0.5) is 0 Å². The summed E-state index contributed by atoms with van der Waals surface area (Å²) in [5.41, 5.74) is 2.20. The maximum Gasteiger partial charge on any atom is 0.234 e. The van der Waals surface area contributed by atoms with Gasteiger partial charge in [-0.2, -0.15) is 4.98 Å². The molecule has 1 N–H and O–H groups in total. The van der Waals surface area contributed by atoms with Crippen LogP contribution in [0.2, 0.25) is 0 Å². The first kappa shape index (κ1) is 18.2. The molecule has 27 heavy (non-hydrogen) atoms. The van der Waals surface area contributed by atoms with Gasteiger partial charge in [0, 0.05) is 17.5 Å². The van der Waals surface area contributed by atoms with Crippen LogP contribution in [0, 0.1) is 6.92 Å². The summed E-state index contributed by atoms with van der Waals surface area (Å²) in [5.74, 6) is 1.83. The molecule has 6 nitrogen and oxygen atoms in total. The maximum atomic E-state index is 12.2. The van der Waals surface area contributed by atoms with Crippen LogP contribution in [0.1, 0.15) is 55.9 Å². The number of likely N-dealkylation sites (tertiary alicyclic amines) is 1. The summed E-state index contributed by atoms with van der Waals surface area (Å²) in [4.78, 5) is 19.1. The number of benzene rings is 1. The molecule has 1 saturated carbocycles. The van der Waals surface area contributed by atoms with E-state index in [-0.39, 0.29) is 11.8 Å². The lowest BCUT2D eigenvalue weighted by Crippen LogP contribution is -2.43. The first-order valence-electron chi connectivity index (χ1n) is 10.1. The molecule has 0 unspecified atom stereocenters. The number of carbonyl (C=O) groups excluding carboxylic acids is 1. The highest BCUT2D eigenvalue weighted by Gasteiger charge is 2.27. The van der Waals surface area contributed by atoms with Crippen molar-refractivity contribution in [1.29, 1.82) is 0 Å². The number of hydrogen-bond acceptors (Lipinski definition) is 5. The minimum absolute atomic E-state index is 0.166. The van der Waals surface area contributed by atoms with E-state index in [9.17, 15) is 4.79 Å². The Morgan fingerprint density at radius 2 is 1.85 bits per heavy atom. The van der Waals surface area contributed by atoms with Crippen LogP contribution in [-0.4, -0.2) is 46.6 Å². The lowest BCUT2D eigenvalue weighted by molar-refractivity contribution is -0.123. The van der Waals surface area contributed by atoms with Crippen molar-refractivity contribution in [1.82, 2.24) is 20.4 Å². The molecule has 1 aromatic heterocycles. The molecule has 1 saturated heterocycles. The summed E-state index contributed by atoms with van der Waals surface area (Å²) >= 11 is 0. The van der Waals surface area contributed by atoms with E-state index in [1.807, 2.05) is 12.1 Å². The number of aromatic nitrogens is 2.